The van der Waals surface area contributed by atoms with Gasteiger partial charge in [0, 0.05) is 16.2 Å². The molecule has 0 unspecified atom stereocenters. The average Bonchev–Trinajstić information content (AvgIpc) is 3.03. The predicted molar refractivity (Wildman–Crippen MR) is 75.9 cm³/mol. The van der Waals surface area contributed by atoms with Crippen LogP contribution in [-0.4, -0.2) is 17.7 Å². The molecule has 1 saturated carbocycles. The van der Waals surface area contributed by atoms with Gasteiger partial charge >= 0.3 is 6.09 Å². The van der Waals surface area contributed by atoms with Gasteiger partial charge in [-0.3, -0.25) is 4.90 Å². The number of carbonyl (C=O) groups excluding carboxylic acids is 1. The second-order valence-electron chi connectivity index (χ2n) is 5.56. The Hall–Kier alpha value is -1.03. The molecule has 0 radical (unpaired) electrons. The molecule has 0 aromatic heterocycles. The Balaban J connectivity index is 2.18. The van der Waals surface area contributed by atoms with E-state index in [9.17, 15) is 4.79 Å². The number of hydrogen-bond donors (Lipinski definition) is 0. The predicted octanol–water partition coefficient (Wildman–Crippen LogP) is 4.35. The first-order valence-electron chi connectivity index (χ1n) is 6.14. The molecule has 1 aliphatic rings. The molecule has 0 bridgehead atoms. The van der Waals surface area contributed by atoms with Crippen LogP contribution in [0.3, 0.4) is 0 Å². The van der Waals surface area contributed by atoms with Crippen molar-refractivity contribution in [3.8, 4) is 0 Å². The van der Waals surface area contributed by atoms with E-state index in [1.807, 2.05) is 45.0 Å². The fourth-order valence-corrected chi connectivity index (χ4v) is 1.98. The summed E-state index contributed by atoms with van der Waals surface area (Å²) in [5.74, 6) is 0. The van der Waals surface area contributed by atoms with Gasteiger partial charge in [-0.15, -0.1) is 0 Å². The Kier molecular flexibility index (Phi) is 3.66. The number of nitrogens with zero attached hydrogens (tertiary/aromatic N) is 1. The van der Waals surface area contributed by atoms with Crippen molar-refractivity contribution in [2.75, 3.05) is 4.90 Å². The molecule has 0 spiro atoms. The van der Waals surface area contributed by atoms with E-state index in [0.29, 0.717) is 6.04 Å². The van der Waals surface area contributed by atoms with Gasteiger partial charge in [0.25, 0.3) is 0 Å². The molecular weight excluding hydrogens is 294 g/mol. The van der Waals surface area contributed by atoms with E-state index in [1.54, 1.807) is 4.90 Å². The summed E-state index contributed by atoms with van der Waals surface area (Å²) in [6, 6.07) is 8.05. The molecular formula is C14H18BrNO2. The number of hydrogen-bond acceptors (Lipinski definition) is 2. The molecule has 3 nitrogen and oxygen atoms in total. The van der Waals surface area contributed by atoms with Crippen molar-refractivity contribution in [3.05, 3.63) is 28.7 Å². The van der Waals surface area contributed by atoms with Crippen LogP contribution in [0.4, 0.5) is 10.5 Å². The van der Waals surface area contributed by atoms with E-state index in [-0.39, 0.29) is 6.09 Å². The minimum Gasteiger partial charge on any atom is -0.443 e. The topological polar surface area (TPSA) is 29.5 Å². The summed E-state index contributed by atoms with van der Waals surface area (Å²) in [6.45, 7) is 5.66. The lowest BCUT2D eigenvalue weighted by molar-refractivity contribution is 0.0578. The third-order valence-corrected chi connectivity index (χ3v) is 3.14. The van der Waals surface area contributed by atoms with Gasteiger partial charge in [-0.1, -0.05) is 15.9 Å². The van der Waals surface area contributed by atoms with Gasteiger partial charge in [0.05, 0.1) is 0 Å². The Morgan fingerprint density at radius 3 is 2.28 bits per heavy atom. The summed E-state index contributed by atoms with van der Waals surface area (Å²) in [4.78, 5) is 14.0. The first kappa shape index (κ1) is 13.4. The summed E-state index contributed by atoms with van der Waals surface area (Å²) in [6.07, 6.45) is 1.84. The molecule has 1 fully saturated rings. The van der Waals surface area contributed by atoms with E-state index >= 15 is 0 Å². The monoisotopic (exact) mass is 311 g/mol. The zero-order valence-electron chi connectivity index (χ0n) is 10.9. The molecule has 0 aliphatic heterocycles. The van der Waals surface area contributed by atoms with E-state index < -0.39 is 5.60 Å². The third kappa shape index (κ3) is 3.48. The van der Waals surface area contributed by atoms with Crippen molar-refractivity contribution in [1.82, 2.24) is 0 Å². The maximum atomic E-state index is 12.2. The SMILES string of the molecule is CC(C)(C)OC(=O)N(c1ccc(Br)cc1)C1CC1. The average molecular weight is 312 g/mol. The fraction of sp³-hybridized carbons (Fsp3) is 0.500. The maximum Gasteiger partial charge on any atom is 0.415 e. The first-order valence-corrected chi connectivity index (χ1v) is 6.94. The summed E-state index contributed by atoms with van der Waals surface area (Å²) >= 11 is 3.40. The minimum absolute atomic E-state index is 0.257. The van der Waals surface area contributed by atoms with E-state index in [0.717, 1.165) is 23.0 Å². The van der Waals surface area contributed by atoms with Crippen LogP contribution < -0.4 is 4.90 Å². The van der Waals surface area contributed by atoms with Crippen molar-refractivity contribution in [2.24, 2.45) is 0 Å². The summed E-state index contributed by atoms with van der Waals surface area (Å²) < 4.78 is 6.47. The molecule has 1 amide bonds. The van der Waals surface area contributed by atoms with Crippen LogP contribution in [0, 0.1) is 0 Å². The molecule has 18 heavy (non-hydrogen) atoms. The summed E-state index contributed by atoms with van der Waals surface area (Å²) in [7, 11) is 0. The number of anilines is 1. The molecule has 98 valence electrons. The molecule has 2 rings (SSSR count). The highest BCUT2D eigenvalue weighted by molar-refractivity contribution is 9.10. The number of ether oxygens (including phenoxy) is 1. The van der Waals surface area contributed by atoms with Crippen LogP contribution in [-0.2, 0) is 4.74 Å². The van der Waals surface area contributed by atoms with Crippen LogP contribution in [0.1, 0.15) is 33.6 Å². The molecule has 0 atom stereocenters. The highest BCUT2D eigenvalue weighted by Crippen LogP contribution is 2.33. The number of halogens is 1. The second kappa shape index (κ2) is 4.92. The normalized spacial score (nSPS) is 15.3. The number of carbonyl (C=O) groups is 1. The standard InChI is InChI=1S/C14H18BrNO2/c1-14(2,3)18-13(17)16(12-8-9-12)11-6-4-10(15)5-7-11/h4-7,12H,8-9H2,1-3H3. The summed E-state index contributed by atoms with van der Waals surface area (Å²) in [5, 5.41) is 0. The van der Waals surface area contributed by atoms with E-state index in [4.69, 9.17) is 4.74 Å². The Morgan fingerprint density at radius 1 is 1.28 bits per heavy atom. The quantitative estimate of drug-likeness (QED) is 0.812. The van der Waals surface area contributed by atoms with Crippen molar-refractivity contribution in [3.63, 3.8) is 0 Å². The molecule has 1 aromatic rings. The van der Waals surface area contributed by atoms with Crippen LogP contribution in [0.15, 0.2) is 28.7 Å². The number of amides is 1. The summed E-state index contributed by atoms with van der Waals surface area (Å²) in [5.41, 5.74) is 0.439. The Bertz CT molecular complexity index is 432. The Labute approximate surface area is 116 Å². The van der Waals surface area contributed by atoms with Gasteiger partial charge in [0.1, 0.15) is 5.60 Å². The van der Waals surface area contributed by atoms with Gasteiger partial charge in [0.15, 0.2) is 0 Å². The van der Waals surface area contributed by atoms with Crippen LogP contribution in [0.2, 0.25) is 0 Å². The highest BCUT2D eigenvalue weighted by atomic mass is 79.9. The van der Waals surface area contributed by atoms with Crippen molar-refractivity contribution < 1.29 is 9.53 Å². The highest BCUT2D eigenvalue weighted by Gasteiger charge is 2.36. The molecule has 0 saturated heterocycles. The number of rotatable bonds is 2. The molecule has 4 heteroatoms. The van der Waals surface area contributed by atoms with Gasteiger partial charge in [-0.2, -0.15) is 0 Å². The zero-order valence-corrected chi connectivity index (χ0v) is 12.5. The van der Waals surface area contributed by atoms with Gasteiger partial charge in [0.2, 0.25) is 0 Å². The number of benzene rings is 1. The molecule has 0 N–H and O–H groups in total. The van der Waals surface area contributed by atoms with Crippen LogP contribution in [0.25, 0.3) is 0 Å². The third-order valence-electron chi connectivity index (χ3n) is 2.61. The lowest BCUT2D eigenvalue weighted by atomic mass is 10.2. The Morgan fingerprint density at radius 2 is 1.83 bits per heavy atom. The van der Waals surface area contributed by atoms with Crippen molar-refractivity contribution >= 4 is 27.7 Å². The maximum absolute atomic E-state index is 12.2. The van der Waals surface area contributed by atoms with E-state index in [1.165, 1.54) is 0 Å². The largest absolute Gasteiger partial charge is 0.443 e. The second-order valence-corrected chi connectivity index (χ2v) is 6.47. The minimum atomic E-state index is -0.459. The molecule has 1 aliphatic carbocycles. The molecule has 0 heterocycles. The van der Waals surface area contributed by atoms with Crippen molar-refractivity contribution in [2.45, 2.75) is 45.3 Å². The first-order chi connectivity index (χ1) is 8.37. The lowest BCUT2D eigenvalue weighted by Gasteiger charge is -2.27. The van der Waals surface area contributed by atoms with Gasteiger partial charge < -0.3 is 4.74 Å². The molecule has 1 aromatic carbocycles. The van der Waals surface area contributed by atoms with Crippen LogP contribution in [0.5, 0.6) is 0 Å². The zero-order chi connectivity index (χ0) is 13.3. The fourth-order valence-electron chi connectivity index (χ4n) is 1.71. The van der Waals surface area contributed by atoms with Gasteiger partial charge in [-0.25, -0.2) is 4.79 Å². The van der Waals surface area contributed by atoms with Crippen LogP contribution >= 0.6 is 15.9 Å². The lowest BCUT2D eigenvalue weighted by Crippen LogP contribution is -2.38. The van der Waals surface area contributed by atoms with Crippen molar-refractivity contribution in [1.29, 1.82) is 0 Å². The smallest absolute Gasteiger partial charge is 0.415 e. The van der Waals surface area contributed by atoms with Gasteiger partial charge in [-0.05, 0) is 57.9 Å². The van der Waals surface area contributed by atoms with E-state index in [2.05, 4.69) is 15.9 Å².